The Labute approximate surface area is 132 Å². The summed E-state index contributed by atoms with van der Waals surface area (Å²) in [7, 11) is 0. The van der Waals surface area contributed by atoms with Crippen molar-refractivity contribution in [1.29, 1.82) is 0 Å². The van der Waals surface area contributed by atoms with Crippen LogP contribution in [-0.4, -0.2) is 48.8 Å². The van der Waals surface area contributed by atoms with Crippen LogP contribution in [0.15, 0.2) is 0 Å². The van der Waals surface area contributed by atoms with Gasteiger partial charge in [-0.1, -0.05) is 40.5 Å². The summed E-state index contributed by atoms with van der Waals surface area (Å²) in [6.45, 7) is 14.2. The average molecular weight is 299 g/mol. The van der Waals surface area contributed by atoms with Crippen molar-refractivity contribution >= 4 is 0 Å². The molecule has 1 fully saturated rings. The van der Waals surface area contributed by atoms with Crippen molar-refractivity contribution in [3.63, 3.8) is 0 Å². The van der Waals surface area contributed by atoms with Crippen LogP contribution in [0.1, 0.15) is 66.2 Å². The second-order valence-corrected chi connectivity index (χ2v) is 7.72. The third-order valence-corrected chi connectivity index (χ3v) is 4.75. The van der Waals surface area contributed by atoms with Gasteiger partial charge in [-0.3, -0.25) is 4.90 Å². The molecule has 21 heavy (non-hydrogen) atoms. The minimum Gasteiger partial charge on any atom is -0.396 e. The molecule has 0 saturated carbocycles. The van der Waals surface area contributed by atoms with Gasteiger partial charge in [-0.05, 0) is 50.1 Å². The highest BCUT2D eigenvalue weighted by atomic mass is 16.3. The van der Waals surface area contributed by atoms with E-state index in [-0.39, 0.29) is 0 Å². The number of aliphatic hydroxyl groups excluding tert-OH is 1. The first-order valence-corrected chi connectivity index (χ1v) is 9.06. The van der Waals surface area contributed by atoms with Crippen molar-refractivity contribution in [2.24, 2.45) is 11.3 Å². The largest absolute Gasteiger partial charge is 0.396 e. The molecule has 1 aliphatic rings. The number of nitrogens with one attached hydrogen (secondary N) is 1. The van der Waals surface area contributed by atoms with E-state index < -0.39 is 0 Å². The van der Waals surface area contributed by atoms with Crippen LogP contribution in [0.2, 0.25) is 0 Å². The Kier molecular flexibility index (Phi) is 8.84. The van der Waals surface area contributed by atoms with E-state index >= 15 is 0 Å². The zero-order valence-corrected chi connectivity index (χ0v) is 14.8. The third kappa shape index (κ3) is 7.12. The van der Waals surface area contributed by atoms with Gasteiger partial charge in [0, 0.05) is 25.7 Å². The van der Waals surface area contributed by atoms with E-state index in [9.17, 15) is 5.11 Å². The molecule has 2 atom stereocenters. The summed E-state index contributed by atoms with van der Waals surface area (Å²) >= 11 is 0. The maximum atomic E-state index is 9.30. The lowest BCUT2D eigenvalue weighted by Crippen LogP contribution is -2.48. The SMILES string of the molecule is CCCC(C)(CNCC(C)C)CN1CCCCC1CCO. The van der Waals surface area contributed by atoms with Crippen LogP contribution in [0.3, 0.4) is 0 Å². The lowest BCUT2D eigenvalue weighted by molar-refractivity contribution is 0.0673. The molecule has 1 rings (SSSR count). The van der Waals surface area contributed by atoms with Gasteiger partial charge in [-0.2, -0.15) is 0 Å². The van der Waals surface area contributed by atoms with Gasteiger partial charge >= 0.3 is 0 Å². The first-order valence-electron chi connectivity index (χ1n) is 9.06. The number of rotatable bonds is 10. The van der Waals surface area contributed by atoms with Gasteiger partial charge in [0.2, 0.25) is 0 Å². The molecule has 0 aromatic heterocycles. The zero-order chi connectivity index (χ0) is 15.7. The van der Waals surface area contributed by atoms with Crippen molar-refractivity contribution in [1.82, 2.24) is 10.2 Å². The standard InChI is InChI=1S/C18H38N2O/c1-5-10-18(4,14-19-13-16(2)3)15-20-11-7-6-8-17(20)9-12-21/h16-17,19,21H,5-15H2,1-4H3. The molecule has 0 aliphatic carbocycles. The molecule has 2 N–H and O–H groups in total. The fraction of sp³-hybridized carbons (Fsp3) is 1.00. The summed E-state index contributed by atoms with van der Waals surface area (Å²) in [5.41, 5.74) is 0.356. The zero-order valence-electron chi connectivity index (χ0n) is 14.8. The van der Waals surface area contributed by atoms with E-state index in [0.29, 0.717) is 24.0 Å². The lowest BCUT2D eigenvalue weighted by atomic mass is 9.83. The number of hydrogen-bond acceptors (Lipinski definition) is 3. The van der Waals surface area contributed by atoms with Crippen molar-refractivity contribution in [2.45, 2.75) is 72.3 Å². The second-order valence-electron chi connectivity index (χ2n) is 7.72. The van der Waals surface area contributed by atoms with E-state index in [1.807, 2.05) is 0 Å². The smallest absolute Gasteiger partial charge is 0.0445 e. The molecule has 3 nitrogen and oxygen atoms in total. The molecular weight excluding hydrogens is 260 g/mol. The molecule has 0 amide bonds. The normalized spacial score (nSPS) is 23.4. The van der Waals surface area contributed by atoms with Gasteiger partial charge in [0.1, 0.15) is 0 Å². The quantitative estimate of drug-likeness (QED) is 0.650. The predicted molar refractivity (Wildman–Crippen MR) is 91.6 cm³/mol. The van der Waals surface area contributed by atoms with Crippen LogP contribution in [0.25, 0.3) is 0 Å². The Hall–Kier alpha value is -0.120. The molecule has 1 aliphatic heterocycles. The molecule has 1 saturated heterocycles. The molecule has 3 heteroatoms. The van der Waals surface area contributed by atoms with E-state index in [2.05, 4.69) is 37.9 Å². The summed E-state index contributed by atoms with van der Waals surface area (Å²) < 4.78 is 0. The summed E-state index contributed by atoms with van der Waals surface area (Å²) in [4.78, 5) is 2.66. The molecule has 0 aromatic carbocycles. The molecule has 1 heterocycles. The van der Waals surface area contributed by atoms with E-state index in [1.165, 1.54) is 45.2 Å². The number of nitrogens with zero attached hydrogens (tertiary/aromatic N) is 1. The summed E-state index contributed by atoms with van der Waals surface area (Å²) in [6, 6.07) is 0.602. The second kappa shape index (κ2) is 9.81. The summed E-state index contributed by atoms with van der Waals surface area (Å²) in [5, 5.41) is 13.0. The van der Waals surface area contributed by atoms with Crippen LogP contribution < -0.4 is 5.32 Å². The van der Waals surface area contributed by atoms with Crippen molar-refractivity contribution < 1.29 is 5.11 Å². The van der Waals surface area contributed by atoms with Crippen LogP contribution >= 0.6 is 0 Å². The Morgan fingerprint density at radius 3 is 2.71 bits per heavy atom. The minimum absolute atomic E-state index is 0.331. The summed E-state index contributed by atoms with van der Waals surface area (Å²) in [5.74, 6) is 0.716. The minimum atomic E-state index is 0.331. The van der Waals surface area contributed by atoms with Gasteiger partial charge in [-0.15, -0.1) is 0 Å². The molecule has 0 radical (unpaired) electrons. The number of aliphatic hydroxyl groups is 1. The molecule has 0 bridgehead atoms. The Balaban J connectivity index is 2.56. The van der Waals surface area contributed by atoms with Gasteiger partial charge in [-0.25, -0.2) is 0 Å². The maximum Gasteiger partial charge on any atom is 0.0445 e. The van der Waals surface area contributed by atoms with Crippen LogP contribution in [-0.2, 0) is 0 Å². The van der Waals surface area contributed by atoms with Gasteiger partial charge in [0.05, 0.1) is 0 Å². The average Bonchev–Trinajstić information content (AvgIpc) is 2.41. The van der Waals surface area contributed by atoms with Gasteiger partial charge < -0.3 is 10.4 Å². The van der Waals surface area contributed by atoms with Gasteiger partial charge in [0.15, 0.2) is 0 Å². The fourth-order valence-corrected chi connectivity index (χ4v) is 3.72. The van der Waals surface area contributed by atoms with Crippen molar-refractivity contribution in [2.75, 3.05) is 32.8 Å². The third-order valence-electron chi connectivity index (χ3n) is 4.75. The fourth-order valence-electron chi connectivity index (χ4n) is 3.72. The highest BCUT2D eigenvalue weighted by Crippen LogP contribution is 2.28. The Morgan fingerprint density at radius 1 is 1.33 bits per heavy atom. The number of piperidine rings is 1. The highest BCUT2D eigenvalue weighted by molar-refractivity contribution is 4.86. The summed E-state index contributed by atoms with van der Waals surface area (Å²) in [6.07, 6.45) is 7.39. The van der Waals surface area contributed by atoms with Gasteiger partial charge in [0.25, 0.3) is 0 Å². The van der Waals surface area contributed by atoms with Crippen molar-refractivity contribution in [3.05, 3.63) is 0 Å². The topological polar surface area (TPSA) is 35.5 Å². The van der Waals surface area contributed by atoms with E-state index in [4.69, 9.17) is 0 Å². The molecule has 126 valence electrons. The predicted octanol–water partition coefficient (Wildman–Crippen LogP) is 3.28. The van der Waals surface area contributed by atoms with E-state index in [1.54, 1.807) is 0 Å². The Morgan fingerprint density at radius 2 is 2.10 bits per heavy atom. The molecule has 0 spiro atoms. The molecular formula is C18H38N2O. The highest BCUT2D eigenvalue weighted by Gasteiger charge is 2.30. The van der Waals surface area contributed by atoms with E-state index in [0.717, 1.165) is 19.5 Å². The first-order chi connectivity index (χ1) is 10.0. The monoisotopic (exact) mass is 298 g/mol. The van der Waals surface area contributed by atoms with Crippen molar-refractivity contribution in [3.8, 4) is 0 Å². The van der Waals surface area contributed by atoms with Crippen LogP contribution in [0.4, 0.5) is 0 Å². The lowest BCUT2D eigenvalue weighted by Gasteiger charge is -2.42. The van der Waals surface area contributed by atoms with Crippen LogP contribution in [0, 0.1) is 11.3 Å². The number of hydrogen-bond donors (Lipinski definition) is 2. The number of likely N-dealkylation sites (tertiary alicyclic amines) is 1. The maximum absolute atomic E-state index is 9.30. The first kappa shape index (κ1) is 18.9. The van der Waals surface area contributed by atoms with Crippen LogP contribution in [0.5, 0.6) is 0 Å². The molecule has 2 unspecified atom stereocenters. The Bertz CT molecular complexity index is 268. The molecule has 0 aromatic rings.